The van der Waals surface area contributed by atoms with Crippen molar-refractivity contribution in [1.82, 2.24) is 4.90 Å². The fraction of sp³-hybridized carbons (Fsp3) is 0.286. The molecule has 2 atom stereocenters. The number of carbonyl (C=O) groups excluding carboxylic acids is 2. The molecule has 6 nitrogen and oxygen atoms in total. The number of likely N-dealkylation sites (tertiary alicyclic amines) is 1. The van der Waals surface area contributed by atoms with Crippen LogP contribution in [0, 0.1) is 5.92 Å². The van der Waals surface area contributed by atoms with Gasteiger partial charge in [0.25, 0.3) is 11.8 Å². The predicted molar refractivity (Wildman–Crippen MR) is 102 cm³/mol. The van der Waals surface area contributed by atoms with Crippen LogP contribution in [0.2, 0.25) is 0 Å². The highest BCUT2D eigenvalue weighted by Crippen LogP contribution is 2.25. The third kappa shape index (κ3) is 4.16. The highest BCUT2D eigenvalue weighted by molar-refractivity contribution is 6.05. The lowest BCUT2D eigenvalue weighted by molar-refractivity contribution is -0.144. The molecule has 1 aliphatic heterocycles. The van der Waals surface area contributed by atoms with Crippen LogP contribution >= 0.6 is 0 Å². The van der Waals surface area contributed by atoms with Gasteiger partial charge in [0.05, 0.1) is 5.92 Å². The van der Waals surface area contributed by atoms with Crippen LogP contribution in [0.3, 0.4) is 0 Å². The second-order valence-electron chi connectivity index (χ2n) is 6.72. The van der Waals surface area contributed by atoms with Crippen molar-refractivity contribution in [3.05, 3.63) is 65.7 Å². The second kappa shape index (κ2) is 8.03. The molecule has 1 heterocycles. The number of amides is 2. The van der Waals surface area contributed by atoms with E-state index in [1.807, 2.05) is 18.2 Å². The highest BCUT2D eigenvalue weighted by Gasteiger charge is 2.35. The van der Waals surface area contributed by atoms with E-state index < -0.39 is 11.9 Å². The molecule has 2 aromatic rings. The van der Waals surface area contributed by atoms with Gasteiger partial charge >= 0.3 is 5.97 Å². The van der Waals surface area contributed by atoms with E-state index in [0.29, 0.717) is 36.2 Å². The fourth-order valence-corrected chi connectivity index (χ4v) is 3.41. The minimum Gasteiger partial charge on any atom is -0.481 e. The zero-order valence-corrected chi connectivity index (χ0v) is 15.1. The molecule has 0 aromatic heterocycles. The lowest BCUT2D eigenvalue weighted by Gasteiger charge is -2.37. The van der Waals surface area contributed by atoms with Gasteiger partial charge in [0, 0.05) is 29.4 Å². The van der Waals surface area contributed by atoms with Gasteiger partial charge in [-0.25, -0.2) is 0 Å². The summed E-state index contributed by atoms with van der Waals surface area (Å²) < 4.78 is 0. The Kier molecular flexibility index (Phi) is 5.54. The maximum atomic E-state index is 12.8. The Bertz CT molecular complexity index is 833. The molecule has 1 aliphatic rings. The third-order valence-corrected chi connectivity index (χ3v) is 4.99. The number of hydrogen-bond acceptors (Lipinski definition) is 3. The number of carbonyl (C=O) groups is 3. The molecule has 140 valence electrons. The summed E-state index contributed by atoms with van der Waals surface area (Å²) in [6.45, 7) is 2.32. The van der Waals surface area contributed by atoms with Gasteiger partial charge < -0.3 is 15.3 Å². The summed E-state index contributed by atoms with van der Waals surface area (Å²) in [6, 6.07) is 15.2. The number of carboxylic acids is 1. The first-order valence-corrected chi connectivity index (χ1v) is 8.97. The Morgan fingerprint density at radius 3 is 2.26 bits per heavy atom. The van der Waals surface area contributed by atoms with Crippen molar-refractivity contribution in [1.29, 1.82) is 0 Å². The molecular formula is C21H22N2O4. The summed E-state index contributed by atoms with van der Waals surface area (Å²) in [5.41, 5.74) is 1.60. The van der Waals surface area contributed by atoms with Crippen molar-refractivity contribution >= 4 is 23.5 Å². The van der Waals surface area contributed by atoms with Gasteiger partial charge in [0.15, 0.2) is 0 Å². The molecule has 1 fully saturated rings. The molecule has 0 radical (unpaired) electrons. The number of nitrogens with zero attached hydrogens (tertiary/aromatic N) is 1. The van der Waals surface area contributed by atoms with E-state index in [9.17, 15) is 19.5 Å². The molecule has 1 saturated heterocycles. The van der Waals surface area contributed by atoms with E-state index in [-0.39, 0.29) is 17.9 Å². The lowest BCUT2D eigenvalue weighted by Crippen LogP contribution is -2.49. The Morgan fingerprint density at radius 2 is 1.63 bits per heavy atom. The zero-order chi connectivity index (χ0) is 19.4. The number of aliphatic carboxylic acids is 1. The molecule has 0 spiro atoms. The molecule has 0 unspecified atom stereocenters. The van der Waals surface area contributed by atoms with Gasteiger partial charge in [-0.05, 0) is 56.2 Å². The normalized spacial score (nSPS) is 19.4. The maximum absolute atomic E-state index is 12.8. The molecule has 2 N–H and O–H groups in total. The lowest BCUT2D eigenvalue weighted by atomic mass is 9.90. The van der Waals surface area contributed by atoms with Crippen molar-refractivity contribution in [2.45, 2.75) is 25.8 Å². The zero-order valence-electron chi connectivity index (χ0n) is 15.1. The average molecular weight is 366 g/mol. The Balaban J connectivity index is 1.70. The molecular weight excluding hydrogens is 344 g/mol. The van der Waals surface area contributed by atoms with Crippen LogP contribution in [0.1, 0.15) is 40.5 Å². The topological polar surface area (TPSA) is 86.7 Å². The van der Waals surface area contributed by atoms with Crippen LogP contribution in [0.4, 0.5) is 5.69 Å². The quantitative estimate of drug-likeness (QED) is 0.869. The largest absolute Gasteiger partial charge is 0.481 e. The number of benzene rings is 2. The van der Waals surface area contributed by atoms with Crippen LogP contribution in [-0.4, -0.2) is 40.4 Å². The van der Waals surface area contributed by atoms with Crippen molar-refractivity contribution in [2.24, 2.45) is 5.92 Å². The van der Waals surface area contributed by atoms with E-state index in [1.54, 1.807) is 48.2 Å². The Hall–Kier alpha value is -3.15. The van der Waals surface area contributed by atoms with Gasteiger partial charge in [-0.3, -0.25) is 14.4 Å². The summed E-state index contributed by atoms with van der Waals surface area (Å²) in [5, 5.41) is 12.1. The number of rotatable bonds is 4. The summed E-state index contributed by atoms with van der Waals surface area (Å²) in [6.07, 6.45) is 1.25. The van der Waals surface area contributed by atoms with Crippen LogP contribution in [0.15, 0.2) is 54.6 Å². The van der Waals surface area contributed by atoms with Gasteiger partial charge in [-0.1, -0.05) is 18.2 Å². The first-order valence-electron chi connectivity index (χ1n) is 8.97. The van der Waals surface area contributed by atoms with Gasteiger partial charge in [0.2, 0.25) is 0 Å². The van der Waals surface area contributed by atoms with E-state index in [1.165, 1.54) is 0 Å². The number of carboxylic acid groups (broad SMARTS) is 1. The summed E-state index contributed by atoms with van der Waals surface area (Å²) in [5.74, 6) is -1.87. The Labute approximate surface area is 157 Å². The third-order valence-electron chi connectivity index (χ3n) is 4.99. The van der Waals surface area contributed by atoms with Crippen molar-refractivity contribution in [2.75, 3.05) is 11.9 Å². The SMILES string of the molecule is C[C@@H]1[C@H](C(=O)O)CCCN1C(=O)c1ccc(C(=O)Nc2ccccc2)cc1. The average Bonchev–Trinajstić information content (AvgIpc) is 2.68. The van der Waals surface area contributed by atoms with Gasteiger partial charge in [0.1, 0.15) is 0 Å². The first-order chi connectivity index (χ1) is 13.0. The van der Waals surface area contributed by atoms with E-state index in [2.05, 4.69) is 5.32 Å². The minimum absolute atomic E-state index is 0.205. The summed E-state index contributed by atoms with van der Waals surface area (Å²) in [4.78, 5) is 38.0. The fourth-order valence-electron chi connectivity index (χ4n) is 3.41. The first kappa shape index (κ1) is 18.6. The molecule has 0 bridgehead atoms. The Morgan fingerprint density at radius 1 is 1.00 bits per heavy atom. The molecule has 6 heteroatoms. The number of piperidine rings is 1. The van der Waals surface area contributed by atoms with Crippen molar-refractivity contribution in [3.8, 4) is 0 Å². The molecule has 2 amide bonds. The highest BCUT2D eigenvalue weighted by atomic mass is 16.4. The summed E-state index contributed by atoms with van der Waals surface area (Å²) >= 11 is 0. The van der Waals surface area contributed by atoms with Crippen molar-refractivity contribution < 1.29 is 19.5 Å². The predicted octanol–water partition coefficient (Wildman–Crippen LogP) is 3.26. The number of hydrogen-bond donors (Lipinski definition) is 2. The van der Waals surface area contributed by atoms with E-state index in [4.69, 9.17) is 0 Å². The maximum Gasteiger partial charge on any atom is 0.308 e. The molecule has 3 rings (SSSR count). The van der Waals surface area contributed by atoms with Crippen LogP contribution in [0.25, 0.3) is 0 Å². The molecule has 27 heavy (non-hydrogen) atoms. The molecule has 0 saturated carbocycles. The van der Waals surface area contributed by atoms with Gasteiger partial charge in [-0.15, -0.1) is 0 Å². The van der Waals surface area contributed by atoms with Crippen LogP contribution < -0.4 is 5.32 Å². The number of nitrogens with one attached hydrogen (secondary N) is 1. The van der Waals surface area contributed by atoms with Gasteiger partial charge in [-0.2, -0.15) is 0 Å². The summed E-state index contributed by atoms with van der Waals surface area (Å²) in [7, 11) is 0. The second-order valence-corrected chi connectivity index (χ2v) is 6.72. The molecule has 2 aromatic carbocycles. The molecule has 0 aliphatic carbocycles. The standard InChI is InChI=1S/C21H22N2O4/c1-14-18(21(26)27)8-5-13-23(14)20(25)16-11-9-15(10-12-16)19(24)22-17-6-3-2-4-7-17/h2-4,6-7,9-12,14,18H,5,8,13H2,1H3,(H,22,24)(H,26,27)/t14-,18-/m1/s1. The smallest absolute Gasteiger partial charge is 0.308 e. The van der Waals surface area contributed by atoms with E-state index >= 15 is 0 Å². The monoisotopic (exact) mass is 366 g/mol. The number of anilines is 1. The van der Waals surface area contributed by atoms with Crippen LogP contribution in [-0.2, 0) is 4.79 Å². The van der Waals surface area contributed by atoms with Crippen molar-refractivity contribution in [3.63, 3.8) is 0 Å². The number of para-hydroxylation sites is 1. The minimum atomic E-state index is -0.868. The van der Waals surface area contributed by atoms with E-state index in [0.717, 1.165) is 0 Å². The van der Waals surface area contributed by atoms with Crippen LogP contribution in [0.5, 0.6) is 0 Å².